The van der Waals surface area contributed by atoms with Crippen molar-refractivity contribution < 1.29 is 4.79 Å². The highest BCUT2D eigenvalue weighted by Crippen LogP contribution is 2.39. The highest BCUT2D eigenvalue weighted by Gasteiger charge is 2.23. The molecule has 2 rings (SSSR count). The number of hydrogen-bond acceptors (Lipinski definition) is 2. The third-order valence-electron chi connectivity index (χ3n) is 3.72. The first-order valence-corrected chi connectivity index (χ1v) is 7.31. The van der Waals surface area contributed by atoms with Gasteiger partial charge in [0, 0.05) is 13.1 Å². The molecule has 19 heavy (non-hydrogen) atoms. The van der Waals surface area contributed by atoms with Crippen LogP contribution in [-0.4, -0.2) is 19.0 Å². The van der Waals surface area contributed by atoms with Gasteiger partial charge in [0.15, 0.2) is 0 Å². The molecule has 0 bridgehead atoms. The molecule has 1 fully saturated rings. The number of hydrogen-bond donors (Lipinski definition) is 2. The number of amides is 1. The van der Waals surface area contributed by atoms with Gasteiger partial charge >= 0.3 is 0 Å². The van der Waals surface area contributed by atoms with E-state index in [9.17, 15) is 4.79 Å². The lowest BCUT2D eigenvalue weighted by molar-refractivity contribution is -0.124. The van der Waals surface area contributed by atoms with E-state index in [2.05, 4.69) is 29.6 Å². The van der Waals surface area contributed by atoms with Crippen LogP contribution in [0, 0.1) is 5.92 Å². The van der Waals surface area contributed by atoms with E-state index < -0.39 is 0 Å². The standard InChI is InChI=1S/C16H24N2O/c1-2-9-18-16(19)15(11-17)10-12-3-5-13(6-4-12)14-7-8-14/h3-6,14-15H,2,7-11,17H2,1H3,(H,18,19). The van der Waals surface area contributed by atoms with Crippen LogP contribution in [0.4, 0.5) is 0 Å². The van der Waals surface area contributed by atoms with Crippen LogP contribution in [-0.2, 0) is 11.2 Å². The third-order valence-corrected chi connectivity index (χ3v) is 3.72. The number of rotatable bonds is 7. The highest BCUT2D eigenvalue weighted by atomic mass is 16.1. The second-order valence-corrected chi connectivity index (χ2v) is 5.44. The van der Waals surface area contributed by atoms with Crippen LogP contribution < -0.4 is 11.1 Å². The second kappa shape index (κ2) is 6.71. The molecule has 1 aliphatic carbocycles. The zero-order chi connectivity index (χ0) is 13.7. The molecule has 0 heterocycles. The molecule has 0 radical (unpaired) electrons. The van der Waals surface area contributed by atoms with Gasteiger partial charge in [0.2, 0.25) is 5.91 Å². The maximum Gasteiger partial charge on any atom is 0.224 e. The summed E-state index contributed by atoms with van der Waals surface area (Å²) in [7, 11) is 0. The van der Waals surface area contributed by atoms with E-state index in [0.29, 0.717) is 6.54 Å². The fraction of sp³-hybridized carbons (Fsp3) is 0.562. The number of nitrogens with one attached hydrogen (secondary N) is 1. The van der Waals surface area contributed by atoms with E-state index >= 15 is 0 Å². The molecule has 3 N–H and O–H groups in total. The summed E-state index contributed by atoms with van der Waals surface area (Å²) in [5.74, 6) is 0.751. The van der Waals surface area contributed by atoms with Gasteiger partial charge in [-0.2, -0.15) is 0 Å². The van der Waals surface area contributed by atoms with E-state index in [-0.39, 0.29) is 11.8 Å². The Morgan fingerprint density at radius 3 is 2.58 bits per heavy atom. The average Bonchev–Trinajstić information content (AvgIpc) is 3.27. The number of benzene rings is 1. The van der Waals surface area contributed by atoms with Gasteiger partial charge in [-0.05, 0) is 42.7 Å². The molecular weight excluding hydrogens is 236 g/mol. The highest BCUT2D eigenvalue weighted by molar-refractivity contribution is 5.79. The van der Waals surface area contributed by atoms with Crippen LogP contribution in [0.2, 0.25) is 0 Å². The van der Waals surface area contributed by atoms with Crippen molar-refractivity contribution >= 4 is 5.91 Å². The number of nitrogens with two attached hydrogens (primary N) is 1. The molecule has 3 nitrogen and oxygen atoms in total. The summed E-state index contributed by atoms with van der Waals surface area (Å²) < 4.78 is 0. The van der Waals surface area contributed by atoms with Crippen molar-refractivity contribution in [1.29, 1.82) is 0 Å². The lowest BCUT2D eigenvalue weighted by Gasteiger charge is -2.15. The molecule has 1 aromatic carbocycles. The molecule has 3 heteroatoms. The summed E-state index contributed by atoms with van der Waals surface area (Å²) >= 11 is 0. The Balaban J connectivity index is 1.91. The Labute approximate surface area is 115 Å². The molecule has 1 unspecified atom stereocenters. The van der Waals surface area contributed by atoms with Crippen molar-refractivity contribution in [3.05, 3.63) is 35.4 Å². The van der Waals surface area contributed by atoms with Gasteiger partial charge in [-0.1, -0.05) is 31.2 Å². The molecule has 1 aromatic rings. The topological polar surface area (TPSA) is 55.1 Å². The Morgan fingerprint density at radius 1 is 1.37 bits per heavy atom. The van der Waals surface area contributed by atoms with Crippen molar-refractivity contribution in [2.75, 3.05) is 13.1 Å². The molecule has 0 aromatic heterocycles. The molecule has 0 spiro atoms. The third kappa shape index (κ3) is 4.06. The average molecular weight is 260 g/mol. The van der Waals surface area contributed by atoms with Crippen LogP contribution in [0.3, 0.4) is 0 Å². The molecule has 1 aliphatic rings. The maximum atomic E-state index is 11.9. The monoisotopic (exact) mass is 260 g/mol. The number of carbonyl (C=O) groups excluding carboxylic acids is 1. The molecule has 0 saturated heterocycles. The van der Waals surface area contributed by atoms with Crippen LogP contribution >= 0.6 is 0 Å². The van der Waals surface area contributed by atoms with Crippen LogP contribution in [0.15, 0.2) is 24.3 Å². The first kappa shape index (κ1) is 14.1. The summed E-state index contributed by atoms with van der Waals surface area (Å²) in [5, 5.41) is 2.92. The number of carbonyl (C=O) groups is 1. The van der Waals surface area contributed by atoms with E-state index in [4.69, 9.17) is 5.73 Å². The second-order valence-electron chi connectivity index (χ2n) is 5.44. The molecular formula is C16H24N2O. The first-order valence-electron chi connectivity index (χ1n) is 7.31. The molecule has 104 valence electrons. The van der Waals surface area contributed by atoms with Crippen LogP contribution in [0.5, 0.6) is 0 Å². The molecule has 1 saturated carbocycles. The Kier molecular flexibility index (Phi) is 4.97. The zero-order valence-electron chi connectivity index (χ0n) is 11.7. The summed E-state index contributed by atoms with van der Waals surface area (Å²) in [6.07, 6.45) is 4.34. The quantitative estimate of drug-likeness (QED) is 0.789. The lowest BCUT2D eigenvalue weighted by atomic mass is 9.97. The summed E-state index contributed by atoms with van der Waals surface area (Å²) in [4.78, 5) is 11.9. The van der Waals surface area contributed by atoms with Gasteiger partial charge in [-0.25, -0.2) is 0 Å². The predicted molar refractivity (Wildman–Crippen MR) is 78.0 cm³/mol. The van der Waals surface area contributed by atoms with E-state index in [1.54, 1.807) is 0 Å². The minimum atomic E-state index is -0.113. The van der Waals surface area contributed by atoms with Crippen molar-refractivity contribution in [1.82, 2.24) is 5.32 Å². The van der Waals surface area contributed by atoms with E-state index in [0.717, 1.165) is 25.3 Å². The van der Waals surface area contributed by atoms with Crippen molar-refractivity contribution in [2.45, 2.75) is 38.5 Å². The van der Waals surface area contributed by atoms with Gasteiger partial charge in [0.25, 0.3) is 0 Å². The fourth-order valence-electron chi connectivity index (χ4n) is 2.30. The minimum absolute atomic E-state index is 0.0793. The summed E-state index contributed by atoms with van der Waals surface area (Å²) in [6.45, 7) is 3.18. The van der Waals surface area contributed by atoms with Gasteiger partial charge in [-0.15, -0.1) is 0 Å². The SMILES string of the molecule is CCCNC(=O)C(CN)Cc1ccc(C2CC2)cc1. The molecule has 0 aliphatic heterocycles. The maximum absolute atomic E-state index is 11.9. The first-order chi connectivity index (χ1) is 9.24. The predicted octanol–water partition coefficient (Wildman–Crippen LogP) is 2.21. The minimum Gasteiger partial charge on any atom is -0.356 e. The van der Waals surface area contributed by atoms with E-state index in [1.807, 2.05) is 6.92 Å². The molecule has 1 amide bonds. The Hall–Kier alpha value is -1.35. The fourth-order valence-corrected chi connectivity index (χ4v) is 2.30. The smallest absolute Gasteiger partial charge is 0.224 e. The van der Waals surface area contributed by atoms with Crippen molar-refractivity contribution in [3.63, 3.8) is 0 Å². The van der Waals surface area contributed by atoms with E-state index in [1.165, 1.54) is 24.0 Å². The van der Waals surface area contributed by atoms with Gasteiger partial charge in [0.1, 0.15) is 0 Å². The Bertz CT molecular complexity index is 409. The lowest BCUT2D eigenvalue weighted by Crippen LogP contribution is -2.36. The van der Waals surface area contributed by atoms with Gasteiger partial charge < -0.3 is 11.1 Å². The Morgan fingerprint density at radius 2 is 2.05 bits per heavy atom. The van der Waals surface area contributed by atoms with Gasteiger partial charge in [0.05, 0.1) is 5.92 Å². The van der Waals surface area contributed by atoms with Crippen molar-refractivity contribution in [2.24, 2.45) is 11.7 Å². The van der Waals surface area contributed by atoms with Crippen LogP contribution in [0.25, 0.3) is 0 Å². The van der Waals surface area contributed by atoms with Crippen molar-refractivity contribution in [3.8, 4) is 0 Å². The normalized spacial score (nSPS) is 16.1. The largest absolute Gasteiger partial charge is 0.356 e. The summed E-state index contributed by atoms with van der Waals surface area (Å²) in [6, 6.07) is 8.68. The summed E-state index contributed by atoms with van der Waals surface area (Å²) in [5.41, 5.74) is 8.35. The van der Waals surface area contributed by atoms with Crippen LogP contribution in [0.1, 0.15) is 43.2 Å². The zero-order valence-corrected chi connectivity index (χ0v) is 11.7. The molecule has 1 atom stereocenters. The van der Waals surface area contributed by atoms with Gasteiger partial charge in [-0.3, -0.25) is 4.79 Å².